The first-order valence-electron chi connectivity index (χ1n) is 6.11. The maximum atomic E-state index is 11.9. The van der Waals surface area contributed by atoms with Crippen molar-refractivity contribution >= 4 is 23.3 Å². The van der Waals surface area contributed by atoms with E-state index >= 15 is 0 Å². The van der Waals surface area contributed by atoms with Gasteiger partial charge in [0.15, 0.2) is 0 Å². The SMILES string of the molecule is CNC(=O)C1CCCCN1c1cc(C)nc(Cl)n1. The molecule has 1 aromatic rings. The summed E-state index contributed by atoms with van der Waals surface area (Å²) >= 11 is 5.88. The molecule has 0 aromatic carbocycles. The molecule has 1 aliphatic rings. The second kappa shape index (κ2) is 5.52. The molecule has 5 nitrogen and oxygen atoms in total. The maximum Gasteiger partial charge on any atom is 0.242 e. The molecule has 2 heterocycles. The molecule has 1 aliphatic heterocycles. The Bertz CT molecular complexity index is 431. The summed E-state index contributed by atoms with van der Waals surface area (Å²) in [4.78, 5) is 22.2. The number of nitrogens with one attached hydrogen (secondary N) is 1. The standard InChI is InChI=1S/C12H17ClN4O/c1-8-7-10(16-12(13)15-8)17-6-4-3-5-9(17)11(18)14-2/h7,9H,3-6H2,1-2H3,(H,14,18). The molecule has 2 rings (SSSR count). The molecular weight excluding hydrogens is 252 g/mol. The van der Waals surface area contributed by atoms with Crippen LogP contribution in [0.25, 0.3) is 0 Å². The minimum atomic E-state index is -0.158. The largest absolute Gasteiger partial charge is 0.357 e. The van der Waals surface area contributed by atoms with Crippen molar-refractivity contribution in [3.8, 4) is 0 Å². The van der Waals surface area contributed by atoms with Gasteiger partial charge in [0.05, 0.1) is 0 Å². The highest BCUT2D eigenvalue weighted by Crippen LogP contribution is 2.24. The van der Waals surface area contributed by atoms with Crippen LogP contribution in [0.1, 0.15) is 25.0 Å². The van der Waals surface area contributed by atoms with Crippen LogP contribution in [0.3, 0.4) is 0 Å². The van der Waals surface area contributed by atoms with E-state index in [1.807, 2.05) is 17.9 Å². The number of carbonyl (C=O) groups excluding carboxylic acids is 1. The van der Waals surface area contributed by atoms with Crippen molar-refractivity contribution in [1.29, 1.82) is 0 Å². The van der Waals surface area contributed by atoms with Crippen LogP contribution in [0.5, 0.6) is 0 Å². The lowest BCUT2D eigenvalue weighted by Gasteiger charge is -2.35. The quantitative estimate of drug-likeness (QED) is 0.827. The summed E-state index contributed by atoms with van der Waals surface area (Å²) in [6.45, 7) is 2.70. The van der Waals surface area contributed by atoms with Crippen LogP contribution in [0, 0.1) is 6.92 Å². The first-order chi connectivity index (χ1) is 8.61. The summed E-state index contributed by atoms with van der Waals surface area (Å²) in [5.41, 5.74) is 0.811. The lowest BCUT2D eigenvalue weighted by molar-refractivity contribution is -0.122. The average molecular weight is 269 g/mol. The van der Waals surface area contributed by atoms with E-state index in [-0.39, 0.29) is 17.2 Å². The zero-order chi connectivity index (χ0) is 13.1. The number of hydrogen-bond acceptors (Lipinski definition) is 4. The van der Waals surface area contributed by atoms with E-state index < -0.39 is 0 Å². The highest BCUT2D eigenvalue weighted by Gasteiger charge is 2.29. The van der Waals surface area contributed by atoms with Gasteiger partial charge in [0.2, 0.25) is 11.2 Å². The predicted octanol–water partition coefficient (Wildman–Crippen LogP) is 1.54. The van der Waals surface area contributed by atoms with Gasteiger partial charge in [0.1, 0.15) is 11.9 Å². The zero-order valence-electron chi connectivity index (χ0n) is 10.6. The fourth-order valence-electron chi connectivity index (χ4n) is 2.31. The minimum absolute atomic E-state index is 0.0297. The molecule has 6 heteroatoms. The van der Waals surface area contributed by atoms with Gasteiger partial charge in [0.25, 0.3) is 0 Å². The number of halogens is 1. The fourth-order valence-corrected chi connectivity index (χ4v) is 2.53. The molecule has 0 spiro atoms. The Labute approximate surface area is 112 Å². The van der Waals surface area contributed by atoms with Gasteiger partial charge in [-0.2, -0.15) is 0 Å². The Balaban J connectivity index is 2.30. The van der Waals surface area contributed by atoms with E-state index in [1.54, 1.807) is 7.05 Å². The van der Waals surface area contributed by atoms with E-state index in [2.05, 4.69) is 15.3 Å². The number of aromatic nitrogens is 2. The number of hydrogen-bond donors (Lipinski definition) is 1. The number of aryl methyl sites for hydroxylation is 1. The van der Waals surface area contributed by atoms with Crippen LogP contribution >= 0.6 is 11.6 Å². The molecule has 1 amide bonds. The topological polar surface area (TPSA) is 58.1 Å². The van der Waals surface area contributed by atoms with E-state index in [0.717, 1.165) is 37.3 Å². The first-order valence-corrected chi connectivity index (χ1v) is 6.49. The van der Waals surface area contributed by atoms with Gasteiger partial charge in [0, 0.05) is 25.4 Å². The van der Waals surface area contributed by atoms with Gasteiger partial charge < -0.3 is 10.2 Å². The summed E-state index contributed by atoms with van der Waals surface area (Å²) in [5.74, 6) is 0.767. The van der Waals surface area contributed by atoms with Gasteiger partial charge in [-0.1, -0.05) is 0 Å². The van der Waals surface area contributed by atoms with Crippen molar-refractivity contribution in [3.05, 3.63) is 17.0 Å². The normalized spacial score (nSPS) is 19.7. The van der Waals surface area contributed by atoms with Crippen LogP contribution in [0.15, 0.2) is 6.07 Å². The maximum absolute atomic E-state index is 11.9. The summed E-state index contributed by atoms with van der Waals surface area (Å²) in [6, 6.07) is 1.71. The zero-order valence-corrected chi connectivity index (χ0v) is 11.4. The third kappa shape index (κ3) is 2.72. The van der Waals surface area contributed by atoms with E-state index in [1.165, 1.54) is 0 Å². The molecule has 0 aliphatic carbocycles. The summed E-state index contributed by atoms with van der Waals surface area (Å²) < 4.78 is 0. The van der Waals surface area contributed by atoms with Crippen LogP contribution < -0.4 is 10.2 Å². The van der Waals surface area contributed by atoms with Crippen LogP contribution in [-0.2, 0) is 4.79 Å². The number of amides is 1. The second-order valence-electron chi connectivity index (χ2n) is 4.46. The van der Waals surface area contributed by atoms with Crippen molar-refractivity contribution in [2.24, 2.45) is 0 Å². The molecule has 98 valence electrons. The molecule has 1 N–H and O–H groups in total. The van der Waals surface area contributed by atoms with Crippen LogP contribution in [-0.4, -0.2) is 35.5 Å². The Morgan fingerprint density at radius 2 is 2.28 bits per heavy atom. The van der Waals surface area contributed by atoms with Crippen molar-refractivity contribution in [1.82, 2.24) is 15.3 Å². The summed E-state index contributed by atoms with van der Waals surface area (Å²) in [5, 5.41) is 2.93. The van der Waals surface area contributed by atoms with Crippen molar-refractivity contribution < 1.29 is 4.79 Å². The van der Waals surface area contributed by atoms with Crippen LogP contribution in [0.2, 0.25) is 5.28 Å². The van der Waals surface area contributed by atoms with E-state index in [4.69, 9.17) is 11.6 Å². The van der Waals surface area contributed by atoms with Crippen LogP contribution in [0.4, 0.5) is 5.82 Å². The highest BCUT2D eigenvalue weighted by atomic mass is 35.5. The van der Waals surface area contributed by atoms with Crippen molar-refractivity contribution in [3.63, 3.8) is 0 Å². The second-order valence-corrected chi connectivity index (χ2v) is 4.79. The molecule has 1 fully saturated rings. The number of anilines is 1. The number of likely N-dealkylation sites (N-methyl/N-ethyl adjacent to an activating group) is 1. The smallest absolute Gasteiger partial charge is 0.242 e. The Morgan fingerprint density at radius 3 is 2.94 bits per heavy atom. The van der Waals surface area contributed by atoms with Gasteiger partial charge in [-0.15, -0.1) is 0 Å². The molecule has 1 atom stereocenters. The third-order valence-corrected chi connectivity index (χ3v) is 3.33. The predicted molar refractivity (Wildman–Crippen MR) is 70.8 cm³/mol. The van der Waals surface area contributed by atoms with Gasteiger partial charge in [-0.25, -0.2) is 9.97 Å². The van der Waals surface area contributed by atoms with Gasteiger partial charge in [-0.05, 0) is 37.8 Å². The molecule has 0 saturated carbocycles. The third-order valence-electron chi connectivity index (χ3n) is 3.16. The minimum Gasteiger partial charge on any atom is -0.357 e. The Hall–Kier alpha value is -1.36. The highest BCUT2D eigenvalue weighted by molar-refractivity contribution is 6.28. The van der Waals surface area contributed by atoms with Crippen molar-refractivity contribution in [2.45, 2.75) is 32.2 Å². The van der Waals surface area contributed by atoms with Crippen molar-refractivity contribution in [2.75, 3.05) is 18.5 Å². The molecule has 1 unspecified atom stereocenters. The molecule has 1 saturated heterocycles. The summed E-state index contributed by atoms with van der Waals surface area (Å²) in [7, 11) is 1.66. The molecule has 1 aromatic heterocycles. The molecule has 0 radical (unpaired) electrons. The molecule has 18 heavy (non-hydrogen) atoms. The molecular formula is C12H17ClN4O. The first kappa shape index (κ1) is 13.1. The lowest BCUT2D eigenvalue weighted by atomic mass is 10.0. The Morgan fingerprint density at radius 1 is 1.50 bits per heavy atom. The number of rotatable bonds is 2. The fraction of sp³-hybridized carbons (Fsp3) is 0.583. The summed E-state index contributed by atoms with van der Waals surface area (Å²) in [6.07, 6.45) is 2.97. The number of carbonyl (C=O) groups is 1. The monoisotopic (exact) mass is 268 g/mol. The number of nitrogens with zero attached hydrogens (tertiary/aromatic N) is 3. The Kier molecular flexibility index (Phi) is 4.01. The van der Waals surface area contributed by atoms with E-state index in [9.17, 15) is 4.79 Å². The van der Waals surface area contributed by atoms with Gasteiger partial charge >= 0.3 is 0 Å². The van der Waals surface area contributed by atoms with E-state index in [0.29, 0.717) is 0 Å². The lowest BCUT2D eigenvalue weighted by Crippen LogP contribution is -2.49. The number of piperidine rings is 1. The van der Waals surface area contributed by atoms with Gasteiger partial charge in [-0.3, -0.25) is 4.79 Å². The average Bonchev–Trinajstić information content (AvgIpc) is 2.36. The molecule has 0 bridgehead atoms.